The third-order valence-electron chi connectivity index (χ3n) is 3.88. The number of nitrogens with one attached hydrogen (secondary N) is 1. The molecule has 23 heavy (non-hydrogen) atoms. The number of amides is 2. The van der Waals surface area contributed by atoms with Gasteiger partial charge in [0.25, 0.3) is 5.91 Å². The number of carbonyl (C=O) groups excluding carboxylic acids is 2. The maximum atomic E-state index is 12.2. The summed E-state index contributed by atoms with van der Waals surface area (Å²) in [6.45, 7) is 1.07. The number of ether oxygens (including phenoxy) is 1. The molecule has 2 amide bonds. The number of hydrogen-bond donors (Lipinski definition) is 4. The van der Waals surface area contributed by atoms with E-state index in [1.165, 1.54) is 0 Å². The lowest BCUT2D eigenvalue weighted by atomic mass is 9.87. The van der Waals surface area contributed by atoms with Gasteiger partial charge in [-0.2, -0.15) is 0 Å². The Hall–Kier alpha value is -2.62. The second-order valence-electron chi connectivity index (χ2n) is 5.10. The zero-order chi connectivity index (χ0) is 17.4. The van der Waals surface area contributed by atoms with Gasteiger partial charge in [-0.15, -0.1) is 0 Å². The molecule has 0 spiro atoms. The number of carboxylic acid groups (broad SMARTS) is 2. The number of β-lactam (4-membered cyclic amide) rings is 1. The van der Waals surface area contributed by atoms with Crippen LogP contribution >= 0.6 is 0 Å². The molecule has 0 aromatic carbocycles. The topological polar surface area (TPSA) is 153 Å². The monoisotopic (exact) mass is 328 g/mol. The first-order valence-electron chi connectivity index (χ1n) is 6.85. The van der Waals surface area contributed by atoms with Gasteiger partial charge in [-0.3, -0.25) is 19.3 Å². The van der Waals surface area contributed by atoms with Crippen LogP contribution in [-0.4, -0.2) is 68.4 Å². The Morgan fingerprint density at radius 2 is 2.04 bits per heavy atom. The van der Waals surface area contributed by atoms with E-state index in [0.29, 0.717) is 0 Å². The molecule has 2 rings (SSSR count). The molecule has 2 heterocycles. The first-order chi connectivity index (χ1) is 10.8. The second kappa shape index (κ2) is 5.88. The Kier molecular flexibility index (Phi) is 4.28. The normalized spacial score (nSPS) is 30.4. The Bertz CT molecular complexity index is 601. The number of aliphatic hydroxyl groups is 1. The van der Waals surface area contributed by atoms with Gasteiger partial charge in [0.15, 0.2) is 6.04 Å². The largest absolute Gasteiger partial charge is 0.481 e. The van der Waals surface area contributed by atoms with Crippen molar-refractivity contribution in [1.82, 2.24) is 10.2 Å². The molecule has 0 aliphatic carbocycles. The molecule has 2 fully saturated rings. The van der Waals surface area contributed by atoms with Crippen LogP contribution in [0.2, 0.25) is 0 Å². The molecular formula is C13H16N2O8. The molecule has 1 unspecified atom stereocenters. The van der Waals surface area contributed by atoms with Gasteiger partial charge in [-0.05, 0) is 12.5 Å². The van der Waals surface area contributed by atoms with Gasteiger partial charge in [0, 0.05) is 0 Å². The summed E-state index contributed by atoms with van der Waals surface area (Å²) in [5.74, 6) is -4.31. The number of rotatable bonds is 6. The molecule has 2 aliphatic rings. The number of carbonyl (C=O) groups is 4. The standard InChI is InChI=1S/C13H16N2O8/c1-2-13(12(21)22)6(3-4-16)23-11-9(10(20)15(11)13)14-7(17)5-8(18)19/h3,9,11,16H,2,4-5H2,1H3,(H,14,17)(H,18,19)(H,21,22)/b6-3-/t9?,11-,13-/m1/s1. The highest BCUT2D eigenvalue weighted by Gasteiger charge is 2.68. The summed E-state index contributed by atoms with van der Waals surface area (Å²) in [4.78, 5) is 46.9. The number of carboxylic acids is 2. The van der Waals surface area contributed by atoms with E-state index in [2.05, 4.69) is 5.32 Å². The third kappa shape index (κ3) is 2.40. The highest BCUT2D eigenvalue weighted by atomic mass is 16.5. The van der Waals surface area contributed by atoms with Crippen LogP contribution in [0.3, 0.4) is 0 Å². The Morgan fingerprint density at radius 3 is 2.52 bits per heavy atom. The molecule has 2 saturated heterocycles. The summed E-state index contributed by atoms with van der Waals surface area (Å²) in [5.41, 5.74) is -1.74. The van der Waals surface area contributed by atoms with E-state index in [9.17, 15) is 24.3 Å². The second-order valence-corrected chi connectivity index (χ2v) is 5.10. The lowest BCUT2D eigenvalue weighted by molar-refractivity contribution is -0.178. The van der Waals surface area contributed by atoms with Crippen LogP contribution in [0.5, 0.6) is 0 Å². The maximum Gasteiger partial charge on any atom is 0.337 e. The molecule has 126 valence electrons. The van der Waals surface area contributed by atoms with E-state index in [-0.39, 0.29) is 12.2 Å². The van der Waals surface area contributed by atoms with Crippen LogP contribution in [0, 0.1) is 0 Å². The molecule has 3 atom stereocenters. The first-order valence-corrected chi connectivity index (χ1v) is 6.85. The quantitative estimate of drug-likeness (QED) is 0.331. The number of aliphatic carboxylic acids is 2. The first kappa shape index (κ1) is 16.7. The predicted molar refractivity (Wildman–Crippen MR) is 71.7 cm³/mol. The average molecular weight is 328 g/mol. The van der Waals surface area contributed by atoms with Gasteiger partial charge in [0.1, 0.15) is 12.2 Å². The fourth-order valence-corrected chi connectivity index (χ4v) is 2.84. The fourth-order valence-electron chi connectivity index (χ4n) is 2.84. The van der Waals surface area contributed by atoms with Crippen LogP contribution in [0.15, 0.2) is 11.8 Å². The van der Waals surface area contributed by atoms with Crippen molar-refractivity contribution in [2.45, 2.75) is 37.6 Å². The lowest BCUT2D eigenvalue weighted by Crippen LogP contribution is -2.74. The molecule has 0 radical (unpaired) electrons. The van der Waals surface area contributed by atoms with Crippen LogP contribution < -0.4 is 5.32 Å². The minimum absolute atomic E-state index is 0.00615. The van der Waals surface area contributed by atoms with Crippen molar-refractivity contribution in [3.05, 3.63) is 11.8 Å². The molecular weight excluding hydrogens is 312 g/mol. The van der Waals surface area contributed by atoms with Crippen molar-refractivity contribution >= 4 is 23.8 Å². The average Bonchev–Trinajstić information content (AvgIpc) is 2.76. The van der Waals surface area contributed by atoms with Crippen LogP contribution in [0.25, 0.3) is 0 Å². The Morgan fingerprint density at radius 1 is 1.39 bits per heavy atom. The number of nitrogens with zero attached hydrogens (tertiary/aromatic N) is 1. The van der Waals surface area contributed by atoms with E-state index < -0.39 is 54.6 Å². The zero-order valence-corrected chi connectivity index (χ0v) is 12.2. The summed E-state index contributed by atoms with van der Waals surface area (Å²) in [6.07, 6.45) is -0.701. The van der Waals surface area contributed by atoms with Crippen molar-refractivity contribution in [1.29, 1.82) is 0 Å². The maximum absolute atomic E-state index is 12.2. The minimum atomic E-state index is -1.74. The summed E-state index contributed by atoms with van der Waals surface area (Å²) in [7, 11) is 0. The summed E-state index contributed by atoms with van der Waals surface area (Å²) < 4.78 is 5.42. The molecule has 0 saturated carbocycles. The highest BCUT2D eigenvalue weighted by molar-refractivity contribution is 6.01. The van der Waals surface area contributed by atoms with Crippen molar-refractivity contribution < 1.29 is 39.2 Å². The third-order valence-corrected chi connectivity index (χ3v) is 3.88. The van der Waals surface area contributed by atoms with Crippen LogP contribution in [-0.2, 0) is 23.9 Å². The van der Waals surface area contributed by atoms with Gasteiger partial charge < -0.3 is 25.4 Å². The summed E-state index contributed by atoms with van der Waals surface area (Å²) in [6, 6.07) is -1.16. The molecule has 2 aliphatic heterocycles. The SMILES string of the molecule is CC[C@]1(C(=O)O)/C(=C/CO)O[C@@H]2C(NC(=O)CC(=O)O)C(=O)N21. The van der Waals surface area contributed by atoms with E-state index in [4.69, 9.17) is 14.9 Å². The van der Waals surface area contributed by atoms with E-state index in [0.717, 1.165) is 11.0 Å². The highest BCUT2D eigenvalue weighted by Crippen LogP contribution is 2.46. The summed E-state index contributed by atoms with van der Waals surface area (Å²) >= 11 is 0. The summed E-state index contributed by atoms with van der Waals surface area (Å²) in [5, 5.41) is 29.3. The van der Waals surface area contributed by atoms with Gasteiger partial charge in [0.2, 0.25) is 17.7 Å². The van der Waals surface area contributed by atoms with Crippen molar-refractivity contribution in [3.8, 4) is 0 Å². The predicted octanol–water partition coefficient (Wildman–Crippen LogP) is -1.75. The molecule has 0 bridgehead atoms. The number of aliphatic hydroxyl groups excluding tert-OH is 1. The molecule has 4 N–H and O–H groups in total. The number of hydrogen-bond acceptors (Lipinski definition) is 6. The van der Waals surface area contributed by atoms with E-state index in [1.807, 2.05) is 0 Å². The van der Waals surface area contributed by atoms with Crippen LogP contribution in [0.1, 0.15) is 19.8 Å². The van der Waals surface area contributed by atoms with Gasteiger partial charge >= 0.3 is 11.9 Å². The molecule has 10 nitrogen and oxygen atoms in total. The smallest absolute Gasteiger partial charge is 0.337 e. The minimum Gasteiger partial charge on any atom is -0.481 e. The van der Waals surface area contributed by atoms with Crippen LogP contribution in [0.4, 0.5) is 0 Å². The number of fused-ring (bicyclic) bond motifs is 1. The Labute approximate surface area is 130 Å². The molecule has 0 aromatic heterocycles. The zero-order valence-electron chi connectivity index (χ0n) is 12.2. The molecule has 10 heteroatoms. The lowest BCUT2D eigenvalue weighted by Gasteiger charge is -2.45. The van der Waals surface area contributed by atoms with Gasteiger partial charge in [-0.25, -0.2) is 4.79 Å². The van der Waals surface area contributed by atoms with E-state index in [1.54, 1.807) is 6.92 Å². The van der Waals surface area contributed by atoms with Crippen molar-refractivity contribution in [2.24, 2.45) is 0 Å². The fraction of sp³-hybridized carbons (Fsp3) is 0.538. The Balaban J connectivity index is 2.25. The van der Waals surface area contributed by atoms with Crippen molar-refractivity contribution in [3.63, 3.8) is 0 Å². The van der Waals surface area contributed by atoms with E-state index >= 15 is 0 Å². The molecule has 0 aromatic rings. The van der Waals surface area contributed by atoms with Gasteiger partial charge in [-0.1, -0.05) is 6.92 Å². The van der Waals surface area contributed by atoms with Gasteiger partial charge in [0.05, 0.1) is 6.61 Å². The van der Waals surface area contributed by atoms with Crippen molar-refractivity contribution in [2.75, 3.05) is 6.61 Å².